The van der Waals surface area contributed by atoms with Crippen molar-refractivity contribution in [3.63, 3.8) is 0 Å². The van der Waals surface area contributed by atoms with Gasteiger partial charge in [0.15, 0.2) is 5.84 Å². The first-order valence-electron chi connectivity index (χ1n) is 5.59. The lowest BCUT2D eigenvalue weighted by atomic mass is 10.1. The molecular weight excluding hydrogens is 246 g/mol. The van der Waals surface area contributed by atoms with Gasteiger partial charge in [-0.15, -0.1) is 0 Å². The zero-order valence-corrected chi connectivity index (χ0v) is 10.0. The molecule has 0 saturated carbocycles. The van der Waals surface area contributed by atoms with Crippen molar-refractivity contribution < 1.29 is 14.4 Å². The van der Waals surface area contributed by atoms with Crippen molar-refractivity contribution in [3.8, 4) is 0 Å². The van der Waals surface area contributed by atoms with Gasteiger partial charge in [0.2, 0.25) is 0 Å². The van der Waals surface area contributed by atoms with Gasteiger partial charge in [-0.3, -0.25) is 4.79 Å². The maximum atomic E-state index is 11.8. The molecule has 0 saturated heterocycles. The van der Waals surface area contributed by atoms with Crippen LogP contribution in [0.2, 0.25) is 0 Å². The number of oxime groups is 1. The highest BCUT2D eigenvalue weighted by Gasteiger charge is 2.07. The van der Waals surface area contributed by atoms with Crippen LogP contribution in [0, 0.1) is 0 Å². The first kappa shape index (κ1) is 12.7. The normalized spacial score (nSPS) is 11.3. The number of nitrogens with one attached hydrogen (secondary N) is 1. The zero-order valence-electron chi connectivity index (χ0n) is 10.0. The van der Waals surface area contributed by atoms with Crippen LogP contribution in [-0.4, -0.2) is 17.0 Å². The van der Waals surface area contributed by atoms with Crippen molar-refractivity contribution in [2.24, 2.45) is 10.9 Å². The van der Waals surface area contributed by atoms with E-state index >= 15 is 0 Å². The summed E-state index contributed by atoms with van der Waals surface area (Å²) in [6.07, 6.45) is 1.55. The molecule has 0 atom stereocenters. The van der Waals surface area contributed by atoms with Gasteiger partial charge in [-0.2, -0.15) is 0 Å². The molecule has 4 N–H and O–H groups in total. The first-order valence-corrected chi connectivity index (χ1v) is 5.59. The van der Waals surface area contributed by atoms with Crippen LogP contribution in [0.1, 0.15) is 21.7 Å². The van der Waals surface area contributed by atoms with Gasteiger partial charge in [-0.25, -0.2) is 0 Å². The van der Waals surface area contributed by atoms with E-state index in [1.54, 1.807) is 42.7 Å². The Bertz CT molecular complexity index is 574. The average molecular weight is 259 g/mol. The molecule has 1 aromatic heterocycles. The van der Waals surface area contributed by atoms with Crippen LogP contribution >= 0.6 is 0 Å². The van der Waals surface area contributed by atoms with E-state index in [2.05, 4.69) is 10.5 Å². The minimum Gasteiger partial charge on any atom is -0.467 e. The Morgan fingerprint density at radius 2 is 1.95 bits per heavy atom. The molecule has 6 nitrogen and oxygen atoms in total. The van der Waals surface area contributed by atoms with Crippen LogP contribution in [0.25, 0.3) is 0 Å². The molecule has 0 aliphatic rings. The first-order chi connectivity index (χ1) is 9.20. The molecule has 1 aromatic carbocycles. The number of nitrogens with two attached hydrogens (primary N) is 1. The summed E-state index contributed by atoms with van der Waals surface area (Å²) in [5, 5.41) is 14.1. The highest BCUT2D eigenvalue weighted by atomic mass is 16.4. The Balaban J connectivity index is 1.99. The molecule has 2 aromatic rings. The van der Waals surface area contributed by atoms with Gasteiger partial charge >= 0.3 is 0 Å². The summed E-state index contributed by atoms with van der Waals surface area (Å²) >= 11 is 0. The third-order valence-electron chi connectivity index (χ3n) is 2.55. The fourth-order valence-corrected chi connectivity index (χ4v) is 1.53. The molecule has 0 aliphatic heterocycles. The van der Waals surface area contributed by atoms with E-state index < -0.39 is 0 Å². The van der Waals surface area contributed by atoms with Crippen molar-refractivity contribution >= 4 is 11.7 Å². The van der Waals surface area contributed by atoms with Crippen molar-refractivity contribution in [3.05, 3.63) is 59.5 Å². The van der Waals surface area contributed by atoms with Crippen molar-refractivity contribution in [1.29, 1.82) is 0 Å². The van der Waals surface area contributed by atoms with Gasteiger partial charge in [0.05, 0.1) is 12.8 Å². The summed E-state index contributed by atoms with van der Waals surface area (Å²) in [6.45, 7) is 0.327. The average Bonchev–Trinajstić information content (AvgIpc) is 2.97. The molecule has 0 bridgehead atoms. The molecule has 1 amide bonds. The lowest BCUT2D eigenvalue weighted by Crippen LogP contribution is -2.22. The predicted molar refractivity (Wildman–Crippen MR) is 68.8 cm³/mol. The summed E-state index contributed by atoms with van der Waals surface area (Å²) in [5.41, 5.74) is 6.46. The van der Waals surface area contributed by atoms with Crippen molar-refractivity contribution in [1.82, 2.24) is 5.32 Å². The van der Waals surface area contributed by atoms with Gasteiger partial charge in [0.25, 0.3) is 5.91 Å². The van der Waals surface area contributed by atoms with Crippen LogP contribution in [0.5, 0.6) is 0 Å². The number of hydrogen-bond donors (Lipinski definition) is 3. The summed E-state index contributed by atoms with van der Waals surface area (Å²) in [7, 11) is 0. The van der Waals surface area contributed by atoms with Gasteiger partial charge in [-0.1, -0.05) is 17.3 Å². The third kappa shape index (κ3) is 3.12. The fraction of sp³-hybridized carbons (Fsp3) is 0.0769. The number of benzene rings is 1. The lowest BCUT2D eigenvalue weighted by Gasteiger charge is -2.04. The van der Waals surface area contributed by atoms with Crippen LogP contribution in [0.3, 0.4) is 0 Å². The highest BCUT2D eigenvalue weighted by molar-refractivity contribution is 5.99. The number of carbonyl (C=O) groups is 1. The lowest BCUT2D eigenvalue weighted by molar-refractivity contribution is 0.0948. The largest absolute Gasteiger partial charge is 0.467 e. The topological polar surface area (TPSA) is 101 Å². The third-order valence-corrected chi connectivity index (χ3v) is 2.55. The van der Waals surface area contributed by atoms with Crippen molar-refractivity contribution in [2.75, 3.05) is 0 Å². The van der Waals surface area contributed by atoms with E-state index in [1.165, 1.54) is 0 Å². The van der Waals surface area contributed by atoms with E-state index in [0.29, 0.717) is 23.4 Å². The highest BCUT2D eigenvalue weighted by Crippen LogP contribution is 2.05. The Hall–Kier alpha value is -2.76. The molecule has 6 heteroatoms. The fourth-order valence-electron chi connectivity index (χ4n) is 1.53. The second-order valence-corrected chi connectivity index (χ2v) is 3.82. The number of rotatable bonds is 4. The standard InChI is InChI=1S/C13H13N3O3/c14-12(16-18)9-3-5-10(6-4-9)13(17)15-8-11-2-1-7-19-11/h1-7,18H,8H2,(H2,14,16)(H,15,17). The van der Waals surface area contributed by atoms with E-state index in [9.17, 15) is 4.79 Å². The maximum absolute atomic E-state index is 11.8. The molecule has 1 heterocycles. The van der Waals surface area contributed by atoms with Crippen LogP contribution in [0.15, 0.2) is 52.2 Å². The molecule has 0 spiro atoms. The van der Waals surface area contributed by atoms with E-state index in [-0.39, 0.29) is 11.7 Å². The Labute approximate surface area is 109 Å². The number of nitrogens with zero attached hydrogens (tertiary/aromatic N) is 1. The molecular formula is C13H13N3O3. The molecule has 0 fully saturated rings. The quantitative estimate of drug-likeness (QED) is 0.333. The van der Waals surface area contributed by atoms with Crippen molar-refractivity contribution in [2.45, 2.75) is 6.54 Å². The minimum atomic E-state index is -0.220. The zero-order chi connectivity index (χ0) is 13.7. The van der Waals surface area contributed by atoms with Crippen LogP contribution in [0.4, 0.5) is 0 Å². The Morgan fingerprint density at radius 3 is 2.53 bits per heavy atom. The number of carbonyl (C=O) groups excluding carboxylic acids is 1. The van der Waals surface area contributed by atoms with E-state index in [0.717, 1.165) is 0 Å². The van der Waals surface area contributed by atoms with E-state index in [1.807, 2.05) is 0 Å². The molecule has 98 valence electrons. The monoisotopic (exact) mass is 259 g/mol. The molecule has 0 radical (unpaired) electrons. The summed E-state index contributed by atoms with van der Waals surface area (Å²) in [4.78, 5) is 11.8. The smallest absolute Gasteiger partial charge is 0.251 e. The second kappa shape index (κ2) is 5.72. The number of furan rings is 1. The minimum absolute atomic E-state index is 0.00236. The summed E-state index contributed by atoms with van der Waals surface area (Å²) in [5.74, 6) is 0.464. The number of hydrogen-bond acceptors (Lipinski definition) is 4. The maximum Gasteiger partial charge on any atom is 0.251 e. The van der Waals surface area contributed by atoms with Crippen LogP contribution < -0.4 is 11.1 Å². The SMILES string of the molecule is N/C(=N\O)c1ccc(C(=O)NCc2ccco2)cc1. The molecule has 0 unspecified atom stereocenters. The number of amides is 1. The van der Waals surface area contributed by atoms with Gasteiger partial charge in [-0.05, 0) is 24.3 Å². The van der Waals surface area contributed by atoms with Crippen LogP contribution in [-0.2, 0) is 6.54 Å². The summed E-state index contributed by atoms with van der Waals surface area (Å²) < 4.78 is 5.11. The predicted octanol–water partition coefficient (Wildman–Crippen LogP) is 1.30. The molecule has 19 heavy (non-hydrogen) atoms. The summed E-state index contributed by atoms with van der Waals surface area (Å²) in [6, 6.07) is 9.96. The Kier molecular flexibility index (Phi) is 3.82. The van der Waals surface area contributed by atoms with Gasteiger partial charge in [0.1, 0.15) is 5.76 Å². The molecule has 0 aliphatic carbocycles. The molecule has 2 rings (SSSR count). The van der Waals surface area contributed by atoms with Gasteiger partial charge in [0, 0.05) is 11.1 Å². The van der Waals surface area contributed by atoms with Gasteiger partial charge < -0.3 is 20.7 Å². The Morgan fingerprint density at radius 1 is 1.26 bits per heavy atom. The number of amidine groups is 1. The second-order valence-electron chi connectivity index (χ2n) is 3.82. The van der Waals surface area contributed by atoms with E-state index in [4.69, 9.17) is 15.4 Å².